The lowest BCUT2D eigenvalue weighted by Crippen LogP contribution is -2.35. The molecule has 0 amide bonds. The van der Waals surface area contributed by atoms with Crippen molar-refractivity contribution in [1.82, 2.24) is 4.72 Å². The van der Waals surface area contributed by atoms with Gasteiger partial charge in [0.25, 0.3) is 10.0 Å². The van der Waals surface area contributed by atoms with Gasteiger partial charge in [0, 0.05) is 19.2 Å². The summed E-state index contributed by atoms with van der Waals surface area (Å²) >= 11 is 0.845. The highest BCUT2D eigenvalue weighted by Crippen LogP contribution is 2.36. The van der Waals surface area contributed by atoms with Crippen molar-refractivity contribution in [2.45, 2.75) is 31.0 Å². The van der Waals surface area contributed by atoms with E-state index >= 15 is 0 Å². The number of hydrogen-bond donors (Lipinski definition) is 2. The molecule has 0 aliphatic rings. The van der Waals surface area contributed by atoms with Gasteiger partial charge in [-0.3, -0.25) is 10.1 Å². The van der Waals surface area contributed by atoms with Gasteiger partial charge < -0.3 is 5.32 Å². The molecule has 1 aromatic rings. The summed E-state index contributed by atoms with van der Waals surface area (Å²) in [6.45, 7) is 5.54. The van der Waals surface area contributed by atoms with Crippen molar-refractivity contribution in [1.29, 1.82) is 0 Å². The zero-order chi connectivity index (χ0) is 14.8. The standard InChI is InChI=1S/C10H17N3O4S2/c1-6(2)7(3)12-19(16,17)9-5-8(13(14)15)10(11-4)18-9/h5-7,11-12H,1-4H3. The molecule has 0 aliphatic heterocycles. The summed E-state index contributed by atoms with van der Waals surface area (Å²) in [5.74, 6) is 0.133. The second kappa shape index (κ2) is 5.85. The maximum atomic E-state index is 12.1. The third-order valence-electron chi connectivity index (χ3n) is 2.72. The summed E-state index contributed by atoms with van der Waals surface area (Å²) < 4.78 is 26.6. The lowest BCUT2D eigenvalue weighted by atomic mass is 10.1. The molecule has 108 valence electrons. The minimum Gasteiger partial charge on any atom is -0.374 e. The maximum absolute atomic E-state index is 12.1. The van der Waals surface area contributed by atoms with Crippen molar-refractivity contribution in [2.24, 2.45) is 5.92 Å². The molecule has 0 aromatic carbocycles. The average molecular weight is 307 g/mol. The topological polar surface area (TPSA) is 101 Å². The molecule has 1 rings (SSSR count). The first-order chi connectivity index (χ1) is 8.69. The molecule has 0 aliphatic carbocycles. The number of anilines is 1. The van der Waals surface area contributed by atoms with Gasteiger partial charge in [0.2, 0.25) is 0 Å². The van der Waals surface area contributed by atoms with Crippen LogP contribution in [0.5, 0.6) is 0 Å². The van der Waals surface area contributed by atoms with Crippen LogP contribution in [0.4, 0.5) is 10.7 Å². The van der Waals surface area contributed by atoms with E-state index in [4.69, 9.17) is 0 Å². The fourth-order valence-corrected chi connectivity index (χ4v) is 3.94. The summed E-state index contributed by atoms with van der Waals surface area (Å²) in [5, 5.41) is 13.7. The van der Waals surface area contributed by atoms with Crippen LogP contribution in [-0.2, 0) is 10.0 Å². The molecule has 2 N–H and O–H groups in total. The first-order valence-electron chi connectivity index (χ1n) is 5.67. The molecule has 1 heterocycles. The molecule has 1 unspecified atom stereocenters. The van der Waals surface area contributed by atoms with Gasteiger partial charge in [-0.05, 0) is 12.8 Å². The van der Waals surface area contributed by atoms with Crippen molar-refractivity contribution in [3.63, 3.8) is 0 Å². The molecule has 0 bridgehead atoms. The molecule has 0 fully saturated rings. The minimum absolute atomic E-state index is 0.0592. The second-order valence-corrected chi connectivity index (χ2v) is 7.43. The van der Waals surface area contributed by atoms with E-state index in [9.17, 15) is 18.5 Å². The molecule has 1 atom stereocenters. The van der Waals surface area contributed by atoms with Gasteiger partial charge in [-0.25, -0.2) is 13.1 Å². The Morgan fingerprint density at radius 3 is 2.32 bits per heavy atom. The smallest absolute Gasteiger partial charge is 0.304 e. The van der Waals surface area contributed by atoms with Crippen molar-refractivity contribution < 1.29 is 13.3 Å². The van der Waals surface area contributed by atoms with Crippen molar-refractivity contribution in [2.75, 3.05) is 12.4 Å². The number of nitro groups is 1. The Kier molecular flexibility index (Phi) is 4.88. The van der Waals surface area contributed by atoms with E-state index in [-0.39, 0.29) is 26.9 Å². The maximum Gasteiger partial charge on any atom is 0.304 e. The van der Waals surface area contributed by atoms with Crippen molar-refractivity contribution >= 4 is 32.0 Å². The molecule has 9 heteroatoms. The molecule has 7 nitrogen and oxygen atoms in total. The van der Waals surface area contributed by atoms with Crippen molar-refractivity contribution in [3.8, 4) is 0 Å². The van der Waals surface area contributed by atoms with Gasteiger partial charge >= 0.3 is 5.69 Å². The first-order valence-corrected chi connectivity index (χ1v) is 7.97. The van der Waals surface area contributed by atoms with E-state index in [1.54, 1.807) is 6.92 Å². The predicted molar refractivity (Wildman–Crippen MR) is 75.1 cm³/mol. The Balaban J connectivity index is 3.12. The third kappa shape index (κ3) is 3.64. The first kappa shape index (κ1) is 15.9. The lowest BCUT2D eigenvalue weighted by molar-refractivity contribution is -0.383. The molecule has 1 aromatic heterocycles. The van der Waals surface area contributed by atoms with Gasteiger partial charge in [0.1, 0.15) is 4.21 Å². The predicted octanol–water partition coefficient (Wildman–Crippen LogP) is 2.02. The van der Waals surface area contributed by atoms with Gasteiger partial charge in [-0.1, -0.05) is 25.2 Å². The number of nitrogens with one attached hydrogen (secondary N) is 2. The van der Waals surface area contributed by atoms with E-state index in [2.05, 4.69) is 10.0 Å². The largest absolute Gasteiger partial charge is 0.374 e. The fraction of sp³-hybridized carbons (Fsp3) is 0.600. The number of nitrogens with zero attached hydrogens (tertiary/aromatic N) is 1. The van der Waals surface area contributed by atoms with Gasteiger partial charge in [0.05, 0.1) is 4.92 Å². The number of sulfonamides is 1. The second-order valence-electron chi connectivity index (χ2n) is 4.44. The minimum atomic E-state index is -3.73. The number of hydrogen-bond acceptors (Lipinski definition) is 6. The van der Waals surface area contributed by atoms with Crippen LogP contribution in [0.2, 0.25) is 0 Å². The normalized spacial score (nSPS) is 13.5. The zero-order valence-corrected chi connectivity index (χ0v) is 12.8. The Labute approximate surface area is 116 Å². The van der Waals surface area contributed by atoms with Gasteiger partial charge in [-0.15, -0.1) is 0 Å². The summed E-state index contributed by atoms with van der Waals surface area (Å²) in [7, 11) is -2.21. The van der Waals surface area contributed by atoms with E-state index in [0.29, 0.717) is 0 Å². The average Bonchev–Trinajstić information content (AvgIpc) is 2.72. The van der Waals surface area contributed by atoms with Crippen LogP contribution in [0.3, 0.4) is 0 Å². The molecule has 0 saturated heterocycles. The third-order valence-corrected chi connectivity index (χ3v) is 5.89. The summed E-state index contributed by atoms with van der Waals surface area (Å²) in [6, 6.07) is 0.829. The highest BCUT2D eigenvalue weighted by atomic mass is 32.2. The molecule has 0 radical (unpaired) electrons. The number of rotatable bonds is 6. The Bertz CT molecular complexity index is 565. The molecule has 0 saturated carbocycles. The van der Waals surface area contributed by atoms with Crippen LogP contribution in [0.1, 0.15) is 20.8 Å². The van der Waals surface area contributed by atoms with Crippen LogP contribution in [-0.4, -0.2) is 26.4 Å². The van der Waals surface area contributed by atoms with Gasteiger partial charge in [-0.2, -0.15) is 0 Å². The highest BCUT2D eigenvalue weighted by molar-refractivity contribution is 7.91. The molecular weight excluding hydrogens is 290 g/mol. The van der Waals surface area contributed by atoms with Crippen molar-refractivity contribution in [3.05, 3.63) is 16.2 Å². The monoisotopic (exact) mass is 307 g/mol. The van der Waals surface area contributed by atoms with E-state index in [1.807, 2.05) is 13.8 Å². The Hall–Kier alpha value is -1.19. The Morgan fingerprint density at radius 1 is 1.37 bits per heavy atom. The van der Waals surface area contributed by atoms with Crippen LogP contribution in [0.15, 0.2) is 10.3 Å². The Morgan fingerprint density at radius 2 is 1.95 bits per heavy atom. The van der Waals surface area contributed by atoms with E-state index < -0.39 is 14.9 Å². The van der Waals surface area contributed by atoms with Gasteiger partial charge in [0.15, 0.2) is 5.00 Å². The molecular formula is C10H17N3O4S2. The van der Waals surface area contributed by atoms with E-state index in [0.717, 1.165) is 17.4 Å². The van der Waals surface area contributed by atoms with Crippen LogP contribution >= 0.6 is 11.3 Å². The zero-order valence-electron chi connectivity index (χ0n) is 11.1. The quantitative estimate of drug-likeness (QED) is 0.618. The van der Waals surface area contributed by atoms with Crippen LogP contribution < -0.4 is 10.0 Å². The number of thiophene rings is 1. The summed E-state index contributed by atoms with van der Waals surface area (Å²) in [6.07, 6.45) is 0. The highest BCUT2D eigenvalue weighted by Gasteiger charge is 2.27. The van der Waals surface area contributed by atoms with Crippen LogP contribution in [0, 0.1) is 16.0 Å². The summed E-state index contributed by atoms with van der Waals surface area (Å²) in [5.41, 5.74) is -0.231. The SMILES string of the molecule is CNc1sc(S(=O)(=O)NC(C)C(C)C)cc1[N+](=O)[O-]. The van der Waals surface area contributed by atoms with Crippen LogP contribution in [0.25, 0.3) is 0 Å². The molecule has 0 spiro atoms. The lowest BCUT2D eigenvalue weighted by Gasteiger charge is -2.16. The summed E-state index contributed by atoms with van der Waals surface area (Å²) in [4.78, 5) is 10.2. The molecule has 19 heavy (non-hydrogen) atoms. The van der Waals surface area contributed by atoms with E-state index in [1.165, 1.54) is 7.05 Å². The fourth-order valence-electron chi connectivity index (χ4n) is 1.25.